The molecule has 2 aromatic heterocycles. The summed E-state index contributed by atoms with van der Waals surface area (Å²) in [7, 11) is 3.93. The van der Waals surface area contributed by atoms with Gasteiger partial charge in [-0.05, 0) is 31.2 Å². The van der Waals surface area contributed by atoms with Crippen molar-refractivity contribution < 1.29 is 0 Å². The molecule has 1 atom stereocenters. The summed E-state index contributed by atoms with van der Waals surface area (Å²) >= 11 is 0. The largest absolute Gasteiger partial charge is 0.311 e. The van der Waals surface area contributed by atoms with Crippen LogP contribution in [0.4, 0.5) is 0 Å². The number of hydrogen-bond donors (Lipinski definition) is 1. The Labute approximate surface area is 95.3 Å². The summed E-state index contributed by atoms with van der Waals surface area (Å²) in [5.41, 5.74) is 2.41. The Bertz CT molecular complexity index is 435. The molecule has 0 radical (unpaired) electrons. The quantitative estimate of drug-likeness (QED) is 0.838. The highest BCUT2D eigenvalue weighted by Crippen LogP contribution is 2.16. The zero-order valence-corrected chi connectivity index (χ0v) is 9.59. The van der Waals surface area contributed by atoms with E-state index in [1.165, 1.54) is 11.3 Å². The first kappa shape index (κ1) is 10.8. The number of aromatic nitrogens is 3. The first-order valence-electron chi connectivity index (χ1n) is 5.35. The van der Waals surface area contributed by atoms with Gasteiger partial charge in [0.1, 0.15) is 0 Å². The van der Waals surface area contributed by atoms with Crippen molar-refractivity contribution in [1.82, 2.24) is 20.1 Å². The Morgan fingerprint density at radius 3 is 2.81 bits per heavy atom. The van der Waals surface area contributed by atoms with E-state index in [9.17, 15) is 0 Å². The molecule has 0 amide bonds. The Morgan fingerprint density at radius 1 is 1.38 bits per heavy atom. The Balaban J connectivity index is 2.16. The lowest BCUT2D eigenvalue weighted by Crippen LogP contribution is -2.21. The van der Waals surface area contributed by atoms with E-state index in [-0.39, 0.29) is 6.04 Å². The summed E-state index contributed by atoms with van der Waals surface area (Å²) in [6.07, 6.45) is 6.44. The van der Waals surface area contributed by atoms with E-state index in [2.05, 4.69) is 21.5 Å². The summed E-state index contributed by atoms with van der Waals surface area (Å²) in [6.45, 7) is 0. The van der Waals surface area contributed by atoms with Crippen molar-refractivity contribution in [2.45, 2.75) is 12.5 Å². The van der Waals surface area contributed by atoms with Gasteiger partial charge in [-0.2, -0.15) is 5.10 Å². The standard InChI is InChI=1S/C12H16N4/c1-13-11(12-5-7-15-16(12)2)8-10-4-3-6-14-9-10/h3-7,9,11,13H,8H2,1-2H3. The van der Waals surface area contributed by atoms with Gasteiger partial charge in [0.05, 0.1) is 11.7 Å². The normalized spacial score (nSPS) is 12.6. The van der Waals surface area contributed by atoms with Crippen LogP contribution in [0.2, 0.25) is 0 Å². The summed E-state index contributed by atoms with van der Waals surface area (Å²) < 4.78 is 1.90. The van der Waals surface area contributed by atoms with Gasteiger partial charge in [-0.1, -0.05) is 6.07 Å². The molecule has 2 rings (SSSR count). The van der Waals surface area contributed by atoms with Crippen LogP contribution in [-0.2, 0) is 13.5 Å². The van der Waals surface area contributed by atoms with E-state index in [1.807, 2.05) is 43.3 Å². The van der Waals surface area contributed by atoms with Gasteiger partial charge in [-0.25, -0.2) is 0 Å². The van der Waals surface area contributed by atoms with Crippen molar-refractivity contribution in [1.29, 1.82) is 0 Å². The minimum absolute atomic E-state index is 0.275. The zero-order chi connectivity index (χ0) is 11.4. The SMILES string of the molecule is CNC(Cc1cccnc1)c1ccnn1C. The molecule has 0 aromatic carbocycles. The fourth-order valence-electron chi connectivity index (χ4n) is 1.84. The summed E-state index contributed by atoms with van der Waals surface area (Å²) in [6, 6.07) is 6.37. The number of likely N-dealkylation sites (N-methyl/N-ethyl adjacent to an activating group) is 1. The molecule has 84 valence electrons. The third-order valence-electron chi connectivity index (χ3n) is 2.73. The summed E-state index contributed by atoms with van der Waals surface area (Å²) in [4.78, 5) is 4.13. The average Bonchev–Trinajstić information content (AvgIpc) is 2.74. The van der Waals surface area contributed by atoms with Crippen LogP contribution in [0.5, 0.6) is 0 Å². The Morgan fingerprint density at radius 2 is 2.25 bits per heavy atom. The molecule has 0 spiro atoms. The average molecular weight is 216 g/mol. The first-order chi connectivity index (χ1) is 7.81. The molecule has 0 aliphatic rings. The molecule has 2 aromatic rings. The molecule has 0 fully saturated rings. The summed E-state index contributed by atoms with van der Waals surface area (Å²) in [5.74, 6) is 0. The lowest BCUT2D eigenvalue weighted by molar-refractivity contribution is 0.537. The lowest BCUT2D eigenvalue weighted by Gasteiger charge is -2.16. The third kappa shape index (κ3) is 2.28. The van der Waals surface area contributed by atoms with Gasteiger partial charge in [0.2, 0.25) is 0 Å². The second-order valence-corrected chi connectivity index (χ2v) is 3.79. The molecule has 2 heterocycles. The molecule has 0 saturated carbocycles. The number of pyridine rings is 1. The third-order valence-corrected chi connectivity index (χ3v) is 2.73. The van der Waals surface area contributed by atoms with Crippen LogP contribution in [-0.4, -0.2) is 21.8 Å². The number of hydrogen-bond acceptors (Lipinski definition) is 3. The number of nitrogens with zero attached hydrogens (tertiary/aromatic N) is 3. The molecule has 0 aliphatic heterocycles. The van der Waals surface area contributed by atoms with E-state index in [0.717, 1.165) is 6.42 Å². The van der Waals surface area contributed by atoms with Gasteiger partial charge in [0, 0.05) is 25.6 Å². The van der Waals surface area contributed by atoms with Crippen LogP contribution in [0.3, 0.4) is 0 Å². The second-order valence-electron chi connectivity index (χ2n) is 3.79. The monoisotopic (exact) mass is 216 g/mol. The number of nitrogens with one attached hydrogen (secondary N) is 1. The van der Waals surface area contributed by atoms with Gasteiger partial charge in [-0.3, -0.25) is 9.67 Å². The van der Waals surface area contributed by atoms with Crippen LogP contribution in [0, 0.1) is 0 Å². The number of rotatable bonds is 4. The Kier molecular flexibility index (Phi) is 3.31. The highest BCUT2D eigenvalue weighted by atomic mass is 15.3. The smallest absolute Gasteiger partial charge is 0.0553 e. The van der Waals surface area contributed by atoms with E-state index in [0.29, 0.717) is 0 Å². The first-order valence-corrected chi connectivity index (χ1v) is 5.35. The maximum atomic E-state index is 4.19. The molecular weight excluding hydrogens is 200 g/mol. The van der Waals surface area contributed by atoms with E-state index in [4.69, 9.17) is 0 Å². The minimum atomic E-state index is 0.275. The van der Waals surface area contributed by atoms with Crippen molar-refractivity contribution in [2.24, 2.45) is 7.05 Å². The predicted molar refractivity (Wildman–Crippen MR) is 62.9 cm³/mol. The maximum absolute atomic E-state index is 4.19. The number of aryl methyl sites for hydroxylation is 1. The molecule has 4 nitrogen and oxygen atoms in total. The predicted octanol–water partition coefficient (Wildman–Crippen LogP) is 1.32. The highest BCUT2D eigenvalue weighted by Gasteiger charge is 2.13. The molecule has 0 aliphatic carbocycles. The minimum Gasteiger partial charge on any atom is -0.311 e. The maximum Gasteiger partial charge on any atom is 0.0553 e. The van der Waals surface area contributed by atoms with Crippen LogP contribution >= 0.6 is 0 Å². The van der Waals surface area contributed by atoms with Gasteiger partial charge in [0.15, 0.2) is 0 Å². The molecular formula is C12H16N4. The fraction of sp³-hybridized carbons (Fsp3) is 0.333. The molecule has 0 saturated heterocycles. The zero-order valence-electron chi connectivity index (χ0n) is 9.59. The lowest BCUT2D eigenvalue weighted by atomic mass is 10.1. The van der Waals surface area contributed by atoms with Gasteiger partial charge < -0.3 is 5.32 Å². The van der Waals surface area contributed by atoms with Crippen molar-refractivity contribution in [3.63, 3.8) is 0 Å². The van der Waals surface area contributed by atoms with E-state index >= 15 is 0 Å². The van der Waals surface area contributed by atoms with Crippen LogP contribution < -0.4 is 5.32 Å². The molecule has 16 heavy (non-hydrogen) atoms. The highest BCUT2D eigenvalue weighted by molar-refractivity contribution is 5.15. The second kappa shape index (κ2) is 4.90. The Hall–Kier alpha value is -1.68. The van der Waals surface area contributed by atoms with Gasteiger partial charge in [0.25, 0.3) is 0 Å². The van der Waals surface area contributed by atoms with Crippen LogP contribution in [0.25, 0.3) is 0 Å². The van der Waals surface area contributed by atoms with Crippen molar-refractivity contribution in [3.05, 3.63) is 48.0 Å². The van der Waals surface area contributed by atoms with E-state index < -0.39 is 0 Å². The van der Waals surface area contributed by atoms with Crippen LogP contribution in [0.15, 0.2) is 36.8 Å². The van der Waals surface area contributed by atoms with Crippen LogP contribution in [0.1, 0.15) is 17.3 Å². The van der Waals surface area contributed by atoms with Crippen molar-refractivity contribution >= 4 is 0 Å². The molecule has 4 heteroatoms. The summed E-state index contributed by atoms with van der Waals surface area (Å²) in [5, 5.41) is 7.49. The molecule has 1 N–H and O–H groups in total. The van der Waals surface area contributed by atoms with Gasteiger partial charge in [-0.15, -0.1) is 0 Å². The fourth-order valence-corrected chi connectivity index (χ4v) is 1.84. The van der Waals surface area contributed by atoms with E-state index in [1.54, 1.807) is 6.20 Å². The van der Waals surface area contributed by atoms with Crippen molar-refractivity contribution in [3.8, 4) is 0 Å². The molecule has 0 bridgehead atoms. The van der Waals surface area contributed by atoms with Gasteiger partial charge >= 0.3 is 0 Å². The van der Waals surface area contributed by atoms with Crippen molar-refractivity contribution in [2.75, 3.05) is 7.05 Å². The topological polar surface area (TPSA) is 42.7 Å². The molecule has 1 unspecified atom stereocenters.